The van der Waals surface area contributed by atoms with Crippen molar-refractivity contribution in [3.05, 3.63) is 12.7 Å². The Bertz CT molecular complexity index is 191. The van der Waals surface area contributed by atoms with E-state index in [9.17, 15) is 4.79 Å². The van der Waals surface area contributed by atoms with Crippen LogP contribution < -0.4 is 5.32 Å². The second-order valence-electron chi connectivity index (χ2n) is 3.54. The monoisotopic (exact) mass is 182 g/mol. The fraction of sp³-hybridized carbons (Fsp3) is 0.700. The first-order valence-corrected chi connectivity index (χ1v) is 4.86. The molecule has 1 heterocycles. The molecule has 3 heteroatoms. The average molecular weight is 182 g/mol. The second kappa shape index (κ2) is 5.02. The standard InChI is InChI=1S/C10H18N2O/c1-3-6-12-7-4-5-11-9(2)8-10(12)13/h3,9,11H,1,4-8H2,2H3. The fourth-order valence-electron chi connectivity index (χ4n) is 1.56. The maximum atomic E-state index is 11.6. The Balaban J connectivity index is 2.50. The molecule has 0 saturated carbocycles. The van der Waals surface area contributed by atoms with E-state index in [2.05, 4.69) is 18.8 Å². The molecule has 1 aliphatic rings. The van der Waals surface area contributed by atoms with Gasteiger partial charge in [0.2, 0.25) is 5.91 Å². The molecule has 1 fully saturated rings. The Kier molecular flexibility index (Phi) is 3.96. The zero-order chi connectivity index (χ0) is 9.68. The largest absolute Gasteiger partial charge is 0.339 e. The Hall–Kier alpha value is -0.830. The van der Waals surface area contributed by atoms with Crippen LogP contribution in [0.3, 0.4) is 0 Å². The molecule has 0 aromatic heterocycles. The summed E-state index contributed by atoms with van der Waals surface area (Å²) in [5, 5.41) is 3.30. The number of carbonyl (C=O) groups excluding carboxylic acids is 1. The molecular formula is C10H18N2O. The number of carbonyl (C=O) groups is 1. The molecule has 0 bridgehead atoms. The van der Waals surface area contributed by atoms with Crippen molar-refractivity contribution in [2.75, 3.05) is 19.6 Å². The first-order valence-electron chi connectivity index (χ1n) is 4.86. The van der Waals surface area contributed by atoms with Crippen LogP contribution in [0.1, 0.15) is 19.8 Å². The molecule has 1 N–H and O–H groups in total. The topological polar surface area (TPSA) is 32.3 Å². The van der Waals surface area contributed by atoms with Gasteiger partial charge in [-0.25, -0.2) is 0 Å². The van der Waals surface area contributed by atoms with E-state index >= 15 is 0 Å². The number of rotatable bonds is 2. The SMILES string of the molecule is C=CCN1CCCNC(C)CC1=O. The predicted molar refractivity (Wildman–Crippen MR) is 53.5 cm³/mol. The molecule has 0 aliphatic carbocycles. The van der Waals surface area contributed by atoms with Gasteiger partial charge in [-0.3, -0.25) is 4.79 Å². The number of hydrogen-bond donors (Lipinski definition) is 1. The van der Waals surface area contributed by atoms with Gasteiger partial charge in [0.15, 0.2) is 0 Å². The third-order valence-electron chi connectivity index (χ3n) is 2.28. The molecule has 0 aromatic rings. The summed E-state index contributed by atoms with van der Waals surface area (Å²) in [5.74, 6) is 0.236. The molecule has 1 atom stereocenters. The van der Waals surface area contributed by atoms with Crippen LogP contribution in [0.5, 0.6) is 0 Å². The highest BCUT2D eigenvalue weighted by atomic mass is 16.2. The van der Waals surface area contributed by atoms with Gasteiger partial charge >= 0.3 is 0 Å². The van der Waals surface area contributed by atoms with Crippen LogP contribution in [-0.2, 0) is 4.79 Å². The Labute approximate surface area is 79.8 Å². The first-order chi connectivity index (χ1) is 6.24. The van der Waals surface area contributed by atoms with Gasteiger partial charge in [0.05, 0.1) is 0 Å². The Morgan fingerprint density at radius 3 is 3.23 bits per heavy atom. The van der Waals surface area contributed by atoms with Crippen molar-refractivity contribution in [1.82, 2.24) is 10.2 Å². The number of nitrogens with one attached hydrogen (secondary N) is 1. The highest BCUT2D eigenvalue weighted by Crippen LogP contribution is 2.03. The minimum atomic E-state index is 0.236. The third kappa shape index (κ3) is 3.19. The number of hydrogen-bond acceptors (Lipinski definition) is 2. The van der Waals surface area contributed by atoms with Gasteiger partial charge in [-0.05, 0) is 19.9 Å². The summed E-state index contributed by atoms with van der Waals surface area (Å²) in [6.07, 6.45) is 3.43. The molecule has 3 nitrogen and oxygen atoms in total. The minimum Gasteiger partial charge on any atom is -0.339 e. The summed E-state index contributed by atoms with van der Waals surface area (Å²) in [5.41, 5.74) is 0. The van der Waals surface area contributed by atoms with E-state index in [4.69, 9.17) is 0 Å². The highest BCUT2D eigenvalue weighted by molar-refractivity contribution is 5.77. The summed E-state index contributed by atoms with van der Waals surface area (Å²) in [6, 6.07) is 0.306. The van der Waals surface area contributed by atoms with Crippen molar-refractivity contribution in [3.63, 3.8) is 0 Å². The maximum Gasteiger partial charge on any atom is 0.224 e. The smallest absolute Gasteiger partial charge is 0.224 e. The van der Waals surface area contributed by atoms with Gasteiger partial charge in [0, 0.05) is 25.6 Å². The van der Waals surface area contributed by atoms with Crippen molar-refractivity contribution in [3.8, 4) is 0 Å². The van der Waals surface area contributed by atoms with E-state index in [-0.39, 0.29) is 5.91 Å². The van der Waals surface area contributed by atoms with Gasteiger partial charge in [-0.2, -0.15) is 0 Å². The summed E-state index contributed by atoms with van der Waals surface area (Å²) < 4.78 is 0. The molecule has 0 spiro atoms. The molecule has 0 radical (unpaired) electrons. The quantitative estimate of drug-likeness (QED) is 0.640. The molecule has 1 aliphatic heterocycles. The van der Waals surface area contributed by atoms with Gasteiger partial charge in [-0.1, -0.05) is 6.08 Å². The molecule has 0 aromatic carbocycles. The van der Waals surface area contributed by atoms with Crippen LogP contribution in [-0.4, -0.2) is 36.5 Å². The zero-order valence-corrected chi connectivity index (χ0v) is 8.25. The maximum absolute atomic E-state index is 11.6. The van der Waals surface area contributed by atoms with E-state index < -0.39 is 0 Å². The van der Waals surface area contributed by atoms with E-state index in [0.717, 1.165) is 19.5 Å². The summed E-state index contributed by atoms with van der Waals surface area (Å²) >= 11 is 0. The second-order valence-corrected chi connectivity index (χ2v) is 3.54. The lowest BCUT2D eigenvalue weighted by Gasteiger charge is -2.26. The van der Waals surface area contributed by atoms with Crippen LogP contribution in [0.2, 0.25) is 0 Å². The van der Waals surface area contributed by atoms with E-state index in [1.54, 1.807) is 6.08 Å². The lowest BCUT2D eigenvalue weighted by molar-refractivity contribution is -0.131. The zero-order valence-electron chi connectivity index (χ0n) is 8.25. The molecule has 74 valence electrons. The van der Waals surface area contributed by atoms with Crippen LogP contribution in [0.4, 0.5) is 0 Å². The van der Waals surface area contributed by atoms with Crippen LogP contribution in [0, 0.1) is 0 Å². The minimum absolute atomic E-state index is 0.236. The highest BCUT2D eigenvalue weighted by Gasteiger charge is 2.17. The van der Waals surface area contributed by atoms with Crippen LogP contribution in [0.15, 0.2) is 12.7 Å². The molecule has 1 amide bonds. The summed E-state index contributed by atoms with van der Waals surface area (Å²) in [7, 11) is 0. The lowest BCUT2D eigenvalue weighted by atomic mass is 10.1. The van der Waals surface area contributed by atoms with Gasteiger partial charge in [0.1, 0.15) is 0 Å². The van der Waals surface area contributed by atoms with Gasteiger partial charge < -0.3 is 10.2 Å². The van der Waals surface area contributed by atoms with Crippen molar-refractivity contribution in [2.24, 2.45) is 0 Å². The Morgan fingerprint density at radius 1 is 1.77 bits per heavy atom. The molecular weight excluding hydrogens is 164 g/mol. The van der Waals surface area contributed by atoms with Gasteiger partial charge in [-0.15, -0.1) is 6.58 Å². The Morgan fingerprint density at radius 2 is 2.54 bits per heavy atom. The molecule has 1 rings (SSSR count). The van der Waals surface area contributed by atoms with E-state index in [1.165, 1.54) is 0 Å². The lowest BCUT2D eigenvalue weighted by Crippen LogP contribution is -2.42. The van der Waals surface area contributed by atoms with Crippen molar-refractivity contribution in [2.45, 2.75) is 25.8 Å². The number of nitrogens with zero attached hydrogens (tertiary/aromatic N) is 1. The average Bonchev–Trinajstić information content (AvgIpc) is 2.08. The normalized spacial score (nSPS) is 25.2. The first kappa shape index (κ1) is 10.3. The van der Waals surface area contributed by atoms with E-state index in [0.29, 0.717) is 19.0 Å². The number of amides is 1. The van der Waals surface area contributed by atoms with Gasteiger partial charge in [0.25, 0.3) is 0 Å². The molecule has 13 heavy (non-hydrogen) atoms. The molecule has 1 saturated heterocycles. The summed E-state index contributed by atoms with van der Waals surface area (Å²) in [6.45, 7) is 8.24. The third-order valence-corrected chi connectivity index (χ3v) is 2.28. The fourth-order valence-corrected chi connectivity index (χ4v) is 1.56. The predicted octanol–water partition coefficient (Wildman–Crippen LogP) is 0.773. The summed E-state index contributed by atoms with van der Waals surface area (Å²) in [4.78, 5) is 13.5. The van der Waals surface area contributed by atoms with Crippen LogP contribution in [0.25, 0.3) is 0 Å². The van der Waals surface area contributed by atoms with Crippen LogP contribution >= 0.6 is 0 Å². The molecule has 1 unspecified atom stereocenters. The van der Waals surface area contributed by atoms with Crippen molar-refractivity contribution < 1.29 is 4.79 Å². The van der Waals surface area contributed by atoms with Crippen molar-refractivity contribution >= 4 is 5.91 Å². The van der Waals surface area contributed by atoms with Crippen molar-refractivity contribution in [1.29, 1.82) is 0 Å². The van der Waals surface area contributed by atoms with E-state index in [1.807, 2.05) is 4.90 Å².